The van der Waals surface area contributed by atoms with Crippen LogP contribution in [0.15, 0.2) is 22.7 Å². The van der Waals surface area contributed by atoms with Crippen molar-refractivity contribution in [1.29, 1.82) is 0 Å². The zero-order chi connectivity index (χ0) is 10.8. The Labute approximate surface area is 96.5 Å². The third kappa shape index (κ3) is 2.21. The Bertz CT molecular complexity index is 389. The van der Waals surface area contributed by atoms with E-state index in [2.05, 4.69) is 20.7 Å². The molecule has 1 aromatic carbocycles. The Morgan fingerprint density at radius 1 is 1.53 bits per heavy atom. The van der Waals surface area contributed by atoms with Gasteiger partial charge in [0.1, 0.15) is 0 Å². The molecule has 0 bridgehead atoms. The van der Waals surface area contributed by atoms with Gasteiger partial charge in [-0.05, 0) is 23.3 Å². The van der Waals surface area contributed by atoms with E-state index >= 15 is 0 Å². The van der Waals surface area contributed by atoms with E-state index in [4.69, 9.17) is 4.74 Å². The van der Waals surface area contributed by atoms with Gasteiger partial charge in [0.25, 0.3) is 0 Å². The van der Waals surface area contributed by atoms with Gasteiger partial charge in [0.05, 0.1) is 13.7 Å². The lowest BCUT2D eigenvalue weighted by molar-refractivity contribution is -0.155. The third-order valence-electron chi connectivity index (χ3n) is 2.48. The first-order valence-corrected chi connectivity index (χ1v) is 5.46. The van der Waals surface area contributed by atoms with Crippen molar-refractivity contribution in [3.8, 4) is 0 Å². The Kier molecular flexibility index (Phi) is 3.07. The summed E-state index contributed by atoms with van der Waals surface area (Å²) in [6, 6.07) is 6.00. The predicted molar refractivity (Wildman–Crippen MR) is 58.4 cm³/mol. The van der Waals surface area contributed by atoms with Gasteiger partial charge < -0.3 is 9.47 Å². The SMILES string of the molecule is COC(=O)[C@H]1Cc2ccc(Br)cc2CO1. The maximum absolute atomic E-state index is 11.3. The molecule has 0 radical (unpaired) electrons. The molecule has 1 aliphatic heterocycles. The van der Waals surface area contributed by atoms with Crippen LogP contribution in [-0.2, 0) is 27.3 Å². The molecule has 80 valence electrons. The molecular formula is C11H11BrO3. The molecule has 4 heteroatoms. The van der Waals surface area contributed by atoms with Gasteiger partial charge in [-0.15, -0.1) is 0 Å². The quantitative estimate of drug-likeness (QED) is 0.733. The van der Waals surface area contributed by atoms with Gasteiger partial charge in [0.15, 0.2) is 6.10 Å². The molecule has 0 saturated heterocycles. The van der Waals surface area contributed by atoms with E-state index < -0.39 is 6.10 Å². The summed E-state index contributed by atoms with van der Waals surface area (Å²) in [6.45, 7) is 0.467. The fourth-order valence-electron chi connectivity index (χ4n) is 1.66. The number of rotatable bonds is 1. The summed E-state index contributed by atoms with van der Waals surface area (Å²) in [5.74, 6) is -0.302. The first-order chi connectivity index (χ1) is 7.20. The highest BCUT2D eigenvalue weighted by molar-refractivity contribution is 9.10. The molecule has 0 aliphatic carbocycles. The highest BCUT2D eigenvalue weighted by atomic mass is 79.9. The zero-order valence-electron chi connectivity index (χ0n) is 8.33. The lowest BCUT2D eigenvalue weighted by atomic mass is 9.99. The minimum atomic E-state index is -0.455. The van der Waals surface area contributed by atoms with Gasteiger partial charge in [0.2, 0.25) is 0 Å². The van der Waals surface area contributed by atoms with Crippen LogP contribution in [0.3, 0.4) is 0 Å². The van der Waals surface area contributed by atoms with Crippen LogP contribution in [0.4, 0.5) is 0 Å². The summed E-state index contributed by atoms with van der Waals surface area (Å²) in [6.07, 6.45) is 0.138. The van der Waals surface area contributed by atoms with Crippen LogP contribution in [0, 0.1) is 0 Å². The number of hydrogen-bond donors (Lipinski definition) is 0. The average Bonchev–Trinajstić information content (AvgIpc) is 2.27. The van der Waals surface area contributed by atoms with E-state index in [0.717, 1.165) is 15.6 Å². The number of methoxy groups -OCH3 is 1. The van der Waals surface area contributed by atoms with Crippen molar-refractivity contribution < 1.29 is 14.3 Å². The second-order valence-corrected chi connectivity index (χ2v) is 4.36. The number of halogens is 1. The Balaban J connectivity index is 2.20. The zero-order valence-corrected chi connectivity index (χ0v) is 9.91. The van der Waals surface area contributed by atoms with Gasteiger partial charge in [-0.3, -0.25) is 0 Å². The van der Waals surface area contributed by atoms with Crippen molar-refractivity contribution in [3.05, 3.63) is 33.8 Å². The second-order valence-electron chi connectivity index (χ2n) is 3.44. The number of carbonyl (C=O) groups excluding carboxylic acids is 1. The molecule has 0 aromatic heterocycles. The van der Waals surface area contributed by atoms with Crippen molar-refractivity contribution in [3.63, 3.8) is 0 Å². The fourth-order valence-corrected chi connectivity index (χ4v) is 2.07. The van der Waals surface area contributed by atoms with E-state index in [1.165, 1.54) is 7.11 Å². The number of hydrogen-bond acceptors (Lipinski definition) is 3. The summed E-state index contributed by atoms with van der Waals surface area (Å²) in [5, 5.41) is 0. The molecule has 0 saturated carbocycles. The minimum absolute atomic E-state index is 0.302. The third-order valence-corrected chi connectivity index (χ3v) is 2.97. The molecule has 15 heavy (non-hydrogen) atoms. The smallest absolute Gasteiger partial charge is 0.335 e. The fraction of sp³-hybridized carbons (Fsp3) is 0.364. The molecule has 2 rings (SSSR count). The maximum Gasteiger partial charge on any atom is 0.335 e. The molecule has 0 amide bonds. The van der Waals surface area contributed by atoms with Crippen molar-refractivity contribution in [2.24, 2.45) is 0 Å². The number of ether oxygens (including phenoxy) is 2. The second kappa shape index (κ2) is 4.33. The normalized spacial score (nSPS) is 19.5. The molecule has 1 aromatic rings. The largest absolute Gasteiger partial charge is 0.467 e. The topological polar surface area (TPSA) is 35.5 Å². The van der Waals surface area contributed by atoms with E-state index in [9.17, 15) is 4.79 Å². The first kappa shape index (κ1) is 10.6. The van der Waals surface area contributed by atoms with Gasteiger partial charge >= 0.3 is 5.97 Å². The van der Waals surface area contributed by atoms with Gasteiger partial charge in [-0.1, -0.05) is 22.0 Å². The highest BCUT2D eigenvalue weighted by Crippen LogP contribution is 2.24. The van der Waals surface area contributed by atoms with Crippen LogP contribution in [0.25, 0.3) is 0 Å². The average molecular weight is 271 g/mol. The highest BCUT2D eigenvalue weighted by Gasteiger charge is 2.25. The monoisotopic (exact) mass is 270 g/mol. The standard InChI is InChI=1S/C11H11BrO3/c1-14-11(13)10-5-7-2-3-9(12)4-8(7)6-15-10/h2-4,10H,5-6H2,1H3/t10-/m1/s1. The lowest BCUT2D eigenvalue weighted by Gasteiger charge is -2.23. The van der Waals surface area contributed by atoms with Crippen molar-refractivity contribution in [2.75, 3.05) is 7.11 Å². The van der Waals surface area contributed by atoms with E-state index in [1.54, 1.807) is 0 Å². The molecule has 3 nitrogen and oxygen atoms in total. The summed E-state index contributed by atoms with van der Waals surface area (Å²) in [4.78, 5) is 11.3. The summed E-state index contributed by atoms with van der Waals surface area (Å²) < 4.78 is 11.1. The molecule has 1 atom stereocenters. The van der Waals surface area contributed by atoms with Crippen LogP contribution in [-0.4, -0.2) is 19.2 Å². The molecule has 0 fully saturated rings. The van der Waals surface area contributed by atoms with E-state index in [-0.39, 0.29) is 5.97 Å². The number of esters is 1. The maximum atomic E-state index is 11.3. The van der Waals surface area contributed by atoms with Crippen LogP contribution in [0.1, 0.15) is 11.1 Å². The molecule has 0 spiro atoms. The molecule has 0 unspecified atom stereocenters. The molecular weight excluding hydrogens is 260 g/mol. The van der Waals surface area contributed by atoms with Crippen LogP contribution in [0.5, 0.6) is 0 Å². The van der Waals surface area contributed by atoms with Crippen molar-refractivity contribution in [1.82, 2.24) is 0 Å². The summed E-state index contributed by atoms with van der Waals surface area (Å²) in [7, 11) is 1.38. The first-order valence-electron chi connectivity index (χ1n) is 4.67. The number of benzene rings is 1. The van der Waals surface area contributed by atoms with E-state index in [1.807, 2.05) is 18.2 Å². The van der Waals surface area contributed by atoms with Crippen LogP contribution in [0.2, 0.25) is 0 Å². The summed E-state index contributed by atoms with van der Waals surface area (Å²) >= 11 is 3.40. The van der Waals surface area contributed by atoms with E-state index in [0.29, 0.717) is 13.0 Å². The van der Waals surface area contributed by atoms with Crippen LogP contribution < -0.4 is 0 Å². The Morgan fingerprint density at radius 2 is 2.33 bits per heavy atom. The number of fused-ring (bicyclic) bond motifs is 1. The van der Waals surface area contributed by atoms with Crippen molar-refractivity contribution in [2.45, 2.75) is 19.1 Å². The Hall–Kier alpha value is -0.870. The summed E-state index contributed by atoms with van der Waals surface area (Å²) in [5.41, 5.74) is 2.28. The lowest BCUT2D eigenvalue weighted by Crippen LogP contribution is -2.31. The van der Waals surface area contributed by atoms with Crippen molar-refractivity contribution >= 4 is 21.9 Å². The molecule has 0 N–H and O–H groups in total. The van der Waals surface area contributed by atoms with Crippen LogP contribution >= 0.6 is 15.9 Å². The number of carbonyl (C=O) groups is 1. The van der Waals surface area contributed by atoms with Gasteiger partial charge in [0, 0.05) is 10.9 Å². The Morgan fingerprint density at radius 3 is 3.07 bits per heavy atom. The molecule has 1 aliphatic rings. The van der Waals surface area contributed by atoms with Gasteiger partial charge in [-0.25, -0.2) is 4.79 Å². The molecule has 1 heterocycles. The predicted octanol–water partition coefficient (Wildman–Crippen LogP) is 2.06. The minimum Gasteiger partial charge on any atom is -0.467 e. The van der Waals surface area contributed by atoms with Gasteiger partial charge in [-0.2, -0.15) is 0 Å².